The molecule has 0 unspecified atom stereocenters. The molecule has 0 saturated carbocycles. The first-order valence-corrected chi connectivity index (χ1v) is 5.39. The number of nitrogens with one attached hydrogen (secondary N) is 1. The van der Waals surface area contributed by atoms with Crippen molar-refractivity contribution in [2.75, 3.05) is 0 Å². The molecule has 0 amide bonds. The van der Waals surface area contributed by atoms with Crippen LogP contribution in [0.4, 0.5) is 0 Å². The summed E-state index contributed by atoms with van der Waals surface area (Å²) in [6.07, 6.45) is 4.89. The molecule has 1 aromatic carbocycles. The first-order chi connectivity index (χ1) is 8.83. The number of para-hydroxylation sites is 1. The summed E-state index contributed by atoms with van der Waals surface area (Å²) in [5.74, 6) is 0.113. The van der Waals surface area contributed by atoms with Gasteiger partial charge in [-0.25, -0.2) is 9.78 Å². The summed E-state index contributed by atoms with van der Waals surface area (Å²) in [4.78, 5) is 22.7. The topological polar surface area (TPSA) is 67.9 Å². The fourth-order valence-corrected chi connectivity index (χ4v) is 1.59. The predicted molar refractivity (Wildman–Crippen MR) is 64.4 cm³/mol. The summed E-state index contributed by atoms with van der Waals surface area (Å²) >= 11 is 0. The van der Waals surface area contributed by atoms with Gasteiger partial charge in [-0.3, -0.25) is 4.98 Å². The number of carbonyl (C=O) groups is 1. The van der Waals surface area contributed by atoms with Gasteiger partial charge in [-0.05, 0) is 12.1 Å². The fourth-order valence-electron chi connectivity index (χ4n) is 1.59. The van der Waals surface area contributed by atoms with Gasteiger partial charge in [0.15, 0.2) is 0 Å². The lowest BCUT2D eigenvalue weighted by Gasteiger charge is -2.05. The molecule has 88 valence electrons. The smallest absolute Gasteiger partial charge is 0.379 e. The lowest BCUT2D eigenvalue weighted by molar-refractivity contribution is 0.0722. The fraction of sp³-hybridized carbons (Fsp3) is 0. The van der Waals surface area contributed by atoms with Crippen LogP contribution in [0.1, 0.15) is 10.6 Å². The van der Waals surface area contributed by atoms with Crippen molar-refractivity contribution in [1.29, 1.82) is 0 Å². The Morgan fingerprint density at radius 1 is 1.11 bits per heavy atom. The molecule has 0 bridgehead atoms. The molecule has 2 heterocycles. The number of aromatic nitrogens is 3. The number of fused-ring (bicyclic) bond motifs is 1. The average molecular weight is 239 g/mol. The SMILES string of the molecule is O=C(Oc1ccccc1)c1ncc2cncc-2[nH]1. The molecule has 1 aromatic rings. The molecule has 0 aromatic heterocycles. The third-order valence-corrected chi connectivity index (χ3v) is 2.46. The van der Waals surface area contributed by atoms with Gasteiger partial charge in [-0.15, -0.1) is 0 Å². The maximum Gasteiger partial charge on any atom is 0.379 e. The maximum atomic E-state index is 11.8. The van der Waals surface area contributed by atoms with E-state index in [0.717, 1.165) is 11.3 Å². The van der Waals surface area contributed by atoms with E-state index in [-0.39, 0.29) is 5.82 Å². The molecule has 3 rings (SSSR count). The van der Waals surface area contributed by atoms with Gasteiger partial charge in [0.05, 0.1) is 11.9 Å². The number of benzene rings is 1. The quantitative estimate of drug-likeness (QED) is 0.549. The van der Waals surface area contributed by atoms with Crippen molar-refractivity contribution >= 4 is 5.97 Å². The second-order valence-corrected chi connectivity index (χ2v) is 3.71. The van der Waals surface area contributed by atoms with Crippen molar-refractivity contribution in [3.63, 3.8) is 0 Å². The highest BCUT2D eigenvalue weighted by atomic mass is 16.5. The molecule has 1 N–H and O–H groups in total. The number of rotatable bonds is 2. The van der Waals surface area contributed by atoms with Crippen LogP contribution in [-0.2, 0) is 0 Å². The molecule has 0 fully saturated rings. The third-order valence-electron chi connectivity index (χ3n) is 2.46. The lowest BCUT2D eigenvalue weighted by Crippen LogP contribution is -2.13. The monoisotopic (exact) mass is 239 g/mol. The number of carbonyl (C=O) groups excluding carboxylic acids is 1. The average Bonchev–Trinajstić information content (AvgIpc) is 2.87. The van der Waals surface area contributed by atoms with E-state index in [1.165, 1.54) is 0 Å². The molecule has 2 aliphatic rings. The van der Waals surface area contributed by atoms with Gasteiger partial charge in [-0.1, -0.05) is 18.2 Å². The number of hydrogen-bond acceptors (Lipinski definition) is 4. The Balaban J connectivity index is 1.86. The van der Waals surface area contributed by atoms with Crippen LogP contribution in [0.3, 0.4) is 0 Å². The molecule has 0 atom stereocenters. The number of nitrogens with zero attached hydrogens (tertiary/aromatic N) is 2. The standard InChI is InChI=1S/C13H9N3O2/c17-13(18-10-4-2-1-3-5-10)12-15-7-9-6-14-8-11(9)16-12/h1-8H,(H,15,16). The molecular formula is C13H9N3O2. The highest BCUT2D eigenvalue weighted by molar-refractivity contribution is 5.87. The first-order valence-electron chi connectivity index (χ1n) is 5.39. The van der Waals surface area contributed by atoms with E-state index in [4.69, 9.17) is 4.74 Å². The summed E-state index contributed by atoms with van der Waals surface area (Å²) in [5.41, 5.74) is 1.61. The largest absolute Gasteiger partial charge is 0.421 e. The van der Waals surface area contributed by atoms with Crippen molar-refractivity contribution < 1.29 is 9.53 Å². The van der Waals surface area contributed by atoms with Crippen molar-refractivity contribution in [3.8, 4) is 17.0 Å². The Morgan fingerprint density at radius 3 is 2.78 bits per heavy atom. The Morgan fingerprint density at radius 2 is 1.94 bits per heavy atom. The zero-order chi connectivity index (χ0) is 12.4. The summed E-state index contributed by atoms with van der Waals surface area (Å²) in [7, 11) is 0. The van der Waals surface area contributed by atoms with Gasteiger partial charge in [0, 0.05) is 18.0 Å². The highest BCUT2D eigenvalue weighted by Gasteiger charge is 2.13. The number of H-pyrrole nitrogens is 1. The summed E-state index contributed by atoms with van der Waals surface area (Å²) < 4.78 is 5.17. The van der Waals surface area contributed by atoms with E-state index in [0.29, 0.717) is 5.75 Å². The Bertz CT molecular complexity index is 648. The number of hydrogen-bond donors (Lipinski definition) is 1. The van der Waals surface area contributed by atoms with Gasteiger partial charge >= 0.3 is 5.97 Å². The van der Waals surface area contributed by atoms with E-state index in [1.807, 2.05) is 6.07 Å². The number of esters is 1. The van der Waals surface area contributed by atoms with Crippen LogP contribution >= 0.6 is 0 Å². The second kappa shape index (κ2) is 4.29. The zero-order valence-electron chi connectivity index (χ0n) is 9.33. The normalized spacial score (nSPS) is 10.4. The van der Waals surface area contributed by atoms with Crippen molar-refractivity contribution in [2.24, 2.45) is 0 Å². The zero-order valence-corrected chi connectivity index (χ0v) is 9.33. The number of aromatic amines is 1. The second-order valence-electron chi connectivity index (χ2n) is 3.71. The summed E-state index contributed by atoms with van der Waals surface area (Å²) in [5, 5.41) is 0. The minimum Gasteiger partial charge on any atom is -0.421 e. The van der Waals surface area contributed by atoms with Crippen molar-refractivity contribution in [2.45, 2.75) is 0 Å². The van der Waals surface area contributed by atoms with Gasteiger partial charge < -0.3 is 9.72 Å². The molecule has 0 radical (unpaired) electrons. The van der Waals surface area contributed by atoms with Gasteiger partial charge in [0.25, 0.3) is 0 Å². The Labute approximate surface area is 103 Å². The Hall–Kier alpha value is -2.69. The Kier molecular flexibility index (Phi) is 2.49. The molecule has 18 heavy (non-hydrogen) atoms. The van der Waals surface area contributed by atoms with Crippen LogP contribution in [0.5, 0.6) is 5.75 Å². The molecule has 5 nitrogen and oxygen atoms in total. The summed E-state index contributed by atoms with van der Waals surface area (Å²) in [6.45, 7) is 0. The van der Waals surface area contributed by atoms with Crippen LogP contribution in [0, 0.1) is 0 Å². The van der Waals surface area contributed by atoms with Crippen LogP contribution < -0.4 is 4.74 Å². The van der Waals surface area contributed by atoms with Crippen LogP contribution in [0.25, 0.3) is 11.3 Å². The molecule has 0 saturated heterocycles. The third kappa shape index (κ3) is 1.93. The molecule has 0 spiro atoms. The van der Waals surface area contributed by atoms with E-state index in [2.05, 4.69) is 15.0 Å². The minimum atomic E-state index is -0.524. The van der Waals surface area contributed by atoms with Crippen molar-refractivity contribution in [1.82, 2.24) is 15.0 Å². The summed E-state index contributed by atoms with van der Waals surface area (Å²) in [6, 6.07) is 8.86. The van der Waals surface area contributed by atoms with Crippen molar-refractivity contribution in [3.05, 3.63) is 54.7 Å². The van der Waals surface area contributed by atoms with Gasteiger partial charge in [-0.2, -0.15) is 0 Å². The molecular weight excluding hydrogens is 230 g/mol. The molecule has 0 aliphatic carbocycles. The predicted octanol–water partition coefficient (Wildman–Crippen LogP) is 2.13. The van der Waals surface area contributed by atoms with Gasteiger partial charge in [0.1, 0.15) is 5.75 Å². The van der Waals surface area contributed by atoms with Gasteiger partial charge in [0.2, 0.25) is 5.82 Å². The van der Waals surface area contributed by atoms with E-state index >= 15 is 0 Å². The first kappa shape index (κ1) is 10.5. The van der Waals surface area contributed by atoms with Crippen LogP contribution in [0.2, 0.25) is 0 Å². The maximum absolute atomic E-state index is 11.8. The van der Waals surface area contributed by atoms with Crippen LogP contribution in [0.15, 0.2) is 48.9 Å². The van der Waals surface area contributed by atoms with E-state index in [9.17, 15) is 4.79 Å². The highest BCUT2D eigenvalue weighted by Crippen LogP contribution is 2.17. The minimum absolute atomic E-state index is 0.152. The lowest BCUT2D eigenvalue weighted by atomic mass is 10.3. The molecule has 2 aliphatic heterocycles. The van der Waals surface area contributed by atoms with E-state index < -0.39 is 5.97 Å². The number of ether oxygens (including phenoxy) is 1. The molecule has 5 heteroatoms. The van der Waals surface area contributed by atoms with Crippen LogP contribution in [-0.4, -0.2) is 20.9 Å². The van der Waals surface area contributed by atoms with E-state index in [1.54, 1.807) is 42.9 Å².